The van der Waals surface area contributed by atoms with Gasteiger partial charge in [0.15, 0.2) is 0 Å². The molecule has 2 aromatic carbocycles. The molecule has 19 heavy (non-hydrogen) atoms. The first kappa shape index (κ1) is 12.3. The van der Waals surface area contributed by atoms with Crippen molar-refractivity contribution >= 4 is 26.7 Å². The van der Waals surface area contributed by atoms with Crippen molar-refractivity contribution in [3.63, 3.8) is 0 Å². The Morgan fingerprint density at radius 2 is 1.79 bits per heavy atom. The largest absolute Gasteiger partial charge is 0.233 e. The average molecular weight is 313 g/mol. The number of hydrogen-bond donors (Lipinski definition) is 0. The van der Waals surface area contributed by atoms with Crippen LogP contribution in [0.3, 0.4) is 0 Å². The highest BCUT2D eigenvalue weighted by Gasteiger charge is 2.07. The molecule has 0 atom stereocenters. The van der Waals surface area contributed by atoms with E-state index in [1.54, 1.807) is 0 Å². The van der Waals surface area contributed by atoms with Crippen LogP contribution in [0, 0.1) is 0 Å². The van der Waals surface area contributed by atoms with Crippen molar-refractivity contribution in [1.29, 1.82) is 0 Å². The molecule has 0 aliphatic rings. The second kappa shape index (κ2) is 5.10. The zero-order chi connectivity index (χ0) is 13.2. The van der Waals surface area contributed by atoms with Crippen LogP contribution in [-0.4, -0.2) is 9.97 Å². The summed E-state index contributed by atoms with van der Waals surface area (Å²) in [7, 11) is 0. The zero-order valence-corrected chi connectivity index (χ0v) is 12.2. The molecule has 0 saturated heterocycles. The molecule has 0 bridgehead atoms. The van der Waals surface area contributed by atoms with Crippen LogP contribution in [0.15, 0.2) is 53.1 Å². The Morgan fingerprint density at radius 1 is 1.00 bits per heavy atom. The molecule has 0 unspecified atom stereocenters. The fourth-order valence-corrected chi connectivity index (χ4v) is 2.63. The smallest absolute Gasteiger partial charge is 0.130 e. The molecule has 0 spiro atoms. The molecule has 3 rings (SSSR count). The van der Waals surface area contributed by atoms with Gasteiger partial charge in [0.2, 0.25) is 0 Å². The van der Waals surface area contributed by atoms with Crippen LogP contribution < -0.4 is 0 Å². The second-order valence-electron chi connectivity index (χ2n) is 4.37. The summed E-state index contributed by atoms with van der Waals surface area (Å²) in [5.41, 5.74) is 2.12. The first-order valence-corrected chi connectivity index (χ1v) is 7.09. The molecule has 0 N–H and O–H groups in total. The summed E-state index contributed by atoms with van der Waals surface area (Å²) in [6, 6.07) is 16.6. The predicted molar refractivity (Wildman–Crippen MR) is 82.1 cm³/mol. The highest BCUT2D eigenvalue weighted by atomic mass is 79.9. The lowest BCUT2D eigenvalue weighted by atomic mass is 10.0. The Hall–Kier alpha value is -1.74. The number of aryl methyl sites for hydroxylation is 1. The SMILES string of the molecule is CCc1nc(Br)cc(-c2cccc3ccccc23)n1. The highest BCUT2D eigenvalue weighted by Crippen LogP contribution is 2.28. The molecule has 2 nitrogen and oxygen atoms in total. The normalized spacial score (nSPS) is 10.8. The molecule has 1 aromatic heterocycles. The predicted octanol–water partition coefficient (Wildman–Crippen LogP) is 4.62. The number of benzene rings is 2. The van der Waals surface area contributed by atoms with Crippen LogP contribution in [0.1, 0.15) is 12.7 Å². The van der Waals surface area contributed by atoms with E-state index in [2.05, 4.69) is 75.3 Å². The summed E-state index contributed by atoms with van der Waals surface area (Å²) in [5.74, 6) is 0.859. The lowest BCUT2D eigenvalue weighted by molar-refractivity contribution is 0.932. The maximum atomic E-state index is 4.63. The van der Waals surface area contributed by atoms with Crippen molar-refractivity contribution in [2.75, 3.05) is 0 Å². The molecular formula is C16H13BrN2. The van der Waals surface area contributed by atoms with Gasteiger partial charge < -0.3 is 0 Å². The zero-order valence-electron chi connectivity index (χ0n) is 10.6. The molecule has 0 radical (unpaired) electrons. The van der Waals surface area contributed by atoms with E-state index in [1.165, 1.54) is 10.8 Å². The van der Waals surface area contributed by atoms with Gasteiger partial charge in [-0.1, -0.05) is 49.4 Å². The van der Waals surface area contributed by atoms with Crippen LogP contribution in [-0.2, 0) is 6.42 Å². The first-order valence-electron chi connectivity index (χ1n) is 6.29. The minimum absolute atomic E-state index is 0.831. The summed E-state index contributed by atoms with van der Waals surface area (Å²) in [6.07, 6.45) is 0.831. The van der Waals surface area contributed by atoms with Gasteiger partial charge in [0.1, 0.15) is 10.4 Å². The number of fused-ring (bicyclic) bond motifs is 1. The molecule has 0 aliphatic carbocycles. The summed E-state index contributed by atoms with van der Waals surface area (Å²) >= 11 is 3.46. The first-order chi connectivity index (χ1) is 9.28. The van der Waals surface area contributed by atoms with E-state index in [0.717, 1.165) is 28.1 Å². The minimum Gasteiger partial charge on any atom is -0.233 e. The van der Waals surface area contributed by atoms with E-state index < -0.39 is 0 Å². The standard InChI is InChI=1S/C16H13BrN2/c1-2-16-18-14(10-15(17)19-16)13-9-5-7-11-6-3-4-8-12(11)13/h3-10H,2H2,1H3. The van der Waals surface area contributed by atoms with Gasteiger partial charge in [0.05, 0.1) is 5.69 Å². The number of halogens is 1. The van der Waals surface area contributed by atoms with Crippen LogP contribution in [0.4, 0.5) is 0 Å². The third kappa shape index (κ3) is 2.38. The van der Waals surface area contributed by atoms with Gasteiger partial charge in [0.25, 0.3) is 0 Å². The van der Waals surface area contributed by atoms with Crippen molar-refractivity contribution in [3.8, 4) is 11.3 Å². The van der Waals surface area contributed by atoms with Crippen LogP contribution in [0.25, 0.3) is 22.0 Å². The monoisotopic (exact) mass is 312 g/mol. The average Bonchev–Trinajstić information content (AvgIpc) is 2.46. The Bertz CT molecular complexity index is 732. The fourth-order valence-electron chi connectivity index (χ4n) is 2.21. The van der Waals surface area contributed by atoms with Crippen molar-refractivity contribution in [3.05, 3.63) is 59.0 Å². The van der Waals surface area contributed by atoms with Crippen molar-refractivity contribution in [2.24, 2.45) is 0 Å². The maximum Gasteiger partial charge on any atom is 0.130 e. The minimum atomic E-state index is 0.831. The van der Waals surface area contributed by atoms with Crippen molar-refractivity contribution in [2.45, 2.75) is 13.3 Å². The lowest BCUT2D eigenvalue weighted by Gasteiger charge is -2.07. The number of nitrogens with zero attached hydrogens (tertiary/aromatic N) is 2. The van der Waals surface area contributed by atoms with Crippen LogP contribution in [0.2, 0.25) is 0 Å². The Kier molecular flexibility index (Phi) is 3.30. The van der Waals surface area contributed by atoms with Gasteiger partial charge in [-0.3, -0.25) is 0 Å². The Balaban J connectivity index is 2.27. The van der Waals surface area contributed by atoms with Gasteiger partial charge in [-0.2, -0.15) is 0 Å². The Morgan fingerprint density at radius 3 is 2.63 bits per heavy atom. The van der Waals surface area contributed by atoms with Gasteiger partial charge in [-0.25, -0.2) is 9.97 Å². The number of aromatic nitrogens is 2. The summed E-state index contributed by atoms with van der Waals surface area (Å²) in [5, 5.41) is 2.45. The van der Waals surface area contributed by atoms with E-state index in [9.17, 15) is 0 Å². The molecular weight excluding hydrogens is 300 g/mol. The molecule has 1 heterocycles. The van der Waals surface area contributed by atoms with Gasteiger partial charge in [-0.15, -0.1) is 0 Å². The van der Waals surface area contributed by atoms with Gasteiger partial charge in [0, 0.05) is 12.0 Å². The topological polar surface area (TPSA) is 25.8 Å². The van der Waals surface area contributed by atoms with Crippen molar-refractivity contribution in [1.82, 2.24) is 9.97 Å². The molecule has 0 amide bonds. The van der Waals surface area contributed by atoms with Crippen LogP contribution >= 0.6 is 15.9 Å². The summed E-state index contributed by atoms with van der Waals surface area (Å²) < 4.78 is 0.835. The quantitative estimate of drug-likeness (QED) is 0.645. The van der Waals surface area contributed by atoms with Crippen LogP contribution in [0.5, 0.6) is 0 Å². The van der Waals surface area contributed by atoms with Gasteiger partial charge in [-0.05, 0) is 32.8 Å². The third-order valence-electron chi connectivity index (χ3n) is 3.12. The molecule has 0 aliphatic heterocycles. The molecule has 94 valence electrons. The number of hydrogen-bond acceptors (Lipinski definition) is 2. The number of rotatable bonds is 2. The van der Waals surface area contributed by atoms with E-state index in [-0.39, 0.29) is 0 Å². The molecule has 3 aromatic rings. The van der Waals surface area contributed by atoms with E-state index >= 15 is 0 Å². The van der Waals surface area contributed by atoms with E-state index in [4.69, 9.17) is 0 Å². The van der Waals surface area contributed by atoms with Gasteiger partial charge >= 0.3 is 0 Å². The summed E-state index contributed by atoms with van der Waals surface area (Å²) in [4.78, 5) is 8.99. The molecule has 3 heteroatoms. The highest BCUT2D eigenvalue weighted by molar-refractivity contribution is 9.10. The maximum absolute atomic E-state index is 4.63. The fraction of sp³-hybridized carbons (Fsp3) is 0.125. The van der Waals surface area contributed by atoms with Crippen molar-refractivity contribution < 1.29 is 0 Å². The Labute approximate surface area is 120 Å². The third-order valence-corrected chi connectivity index (χ3v) is 3.53. The summed E-state index contributed by atoms with van der Waals surface area (Å²) in [6.45, 7) is 2.06. The molecule has 0 saturated carbocycles. The second-order valence-corrected chi connectivity index (χ2v) is 5.18. The molecule has 0 fully saturated rings. The van der Waals surface area contributed by atoms with E-state index in [1.807, 2.05) is 6.07 Å². The van der Waals surface area contributed by atoms with E-state index in [0.29, 0.717) is 0 Å². The lowest BCUT2D eigenvalue weighted by Crippen LogP contribution is -1.96.